The number of ether oxygens (including phenoxy) is 1. The van der Waals surface area contributed by atoms with Crippen molar-refractivity contribution in [3.63, 3.8) is 0 Å². The molecule has 1 aromatic heterocycles. The Morgan fingerprint density at radius 2 is 1.88 bits per heavy atom. The van der Waals surface area contributed by atoms with E-state index in [1.54, 1.807) is 0 Å². The van der Waals surface area contributed by atoms with Crippen molar-refractivity contribution in [2.75, 3.05) is 0 Å². The van der Waals surface area contributed by atoms with Gasteiger partial charge in [-0.2, -0.15) is 0 Å². The van der Waals surface area contributed by atoms with Crippen LogP contribution in [0.5, 0.6) is 0 Å². The highest BCUT2D eigenvalue weighted by atomic mass is 35.5. The van der Waals surface area contributed by atoms with Crippen LogP contribution < -0.4 is 0 Å². The number of fused-ring (bicyclic) bond motifs is 1. The second kappa shape index (κ2) is 8.84. The molecule has 4 nitrogen and oxygen atoms in total. The predicted octanol–water partition coefficient (Wildman–Crippen LogP) is 7.15. The van der Waals surface area contributed by atoms with Gasteiger partial charge in [0.2, 0.25) is 0 Å². The fraction of sp³-hybridized carbons (Fsp3) is 0.407. The molecule has 5 heteroatoms. The molecule has 0 saturated heterocycles. The minimum Gasteiger partial charge on any atom is -0.479 e. The van der Waals surface area contributed by atoms with Crippen molar-refractivity contribution in [1.82, 2.24) is 4.98 Å². The molecule has 4 rings (SSSR count). The van der Waals surface area contributed by atoms with E-state index >= 15 is 0 Å². The molecule has 0 spiro atoms. The van der Waals surface area contributed by atoms with Gasteiger partial charge < -0.3 is 9.84 Å². The molecule has 1 atom stereocenters. The number of aromatic nitrogens is 1. The number of nitrogens with zero attached hydrogens (tertiary/aromatic N) is 1. The molecule has 32 heavy (non-hydrogen) atoms. The van der Waals surface area contributed by atoms with Crippen LogP contribution in [0.4, 0.5) is 0 Å². The number of carboxylic acid groups (broad SMARTS) is 1. The van der Waals surface area contributed by atoms with E-state index in [9.17, 15) is 9.90 Å². The quantitative estimate of drug-likeness (QED) is 0.414. The van der Waals surface area contributed by atoms with Gasteiger partial charge in [0.25, 0.3) is 0 Å². The van der Waals surface area contributed by atoms with Crippen LogP contribution in [-0.4, -0.2) is 21.7 Å². The summed E-state index contributed by atoms with van der Waals surface area (Å²) in [4.78, 5) is 17.3. The maximum absolute atomic E-state index is 12.4. The zero-order valence-electron chi connectivity index (χ0n) is 19.1. The Kier molecular flexibility index (Phi) is 6.28. The lowest BCUT2D eigenvalue weighted by Crippen LogP contribution is -2.28. The highest BCUT2D eigenvalue weighted by molar-refractivity contribution is 6.30. The second-order valence-electron chi connectivity index (χ2n) is 9.79. The molecule has 1 fully saturated rings. The van der Waals surface area contributed by atoms with Gasteiger partial charge in [-0.25, -0.2) is 4.79 Å². The van der Waals surface area contributed by atoms with Crippen molar-refractivity contribution in [3.05, 3.63) is 64.3 Å². The smallest absolute Gasteiger partial charge is 0.337 e. The third-order valence-corrected chi connectivity index (χ3v) is 6.15. The second-order valence-corrected chi connectivity index (χ2v) is 10.2. The largest absolute Gasteiger partial charge is 0.479 e. The van der Waals surface area contributed by atoms with Gasteiger partial charge in [-0.15, -0.1) is 0 Å². The van der Waals surface area contributed by atoms with Crippen molar-refractivity contribution in [1.29, 1.82) is 0 Å². The third-order valence-electron chi connectivity index (χ3n) is 5.90. The van der Waals surface area contributed by atoms with E-state index < -0.39 is 17.7 Å². The lowest BCUT2D eigenvalue weighted by Gasteiger charge is -2.28. The summed E-state index contributed by atoms with van der Waals surface area (Å²) >= 11 is 6.14. The van der Waals surface area contributed by atoms with Crippen LogP contribution in [-0.2, 0) is 16.0 Å². The minimum absolute atomic E-state index is 0.618. The highest BCUT2D eigenvalue weighted by Gasteiger charge is 2.31. The first kappa shape index (κ1) is 22.8. The molecule has 168 valence electrons. The third kappa shape index (κ3) is 5.13. The van der Waals surface area contributed by atoms with Crippen molar-refractivity contribution in [2.24, 2.45) is 5.92 Å². The molecule has 2 aromatic carbocycles. The molecule has 1 aliphatic rings. The molecule has 1 N–H and O–H groups in total. The van der Waals surface area contributed by atoms with Gasteiger partial charge in [0.1, 0.15) is 0 Å². The Morgan fingerprint density at radius 1 is 1.19 bits per heavy atom. The van der Waals surface area contributed by atoms with E-state index in [4.69, 9.17) is 21.3 Å². The summed E-state index contributed by atoms with van der Waals surface area (Å²) in [5, 5.41) is 11.7. The first-order valence-electron chi connectivity index (χ1n) is 11.2. The van der Waals surface area contributed by atoms with E-state index in [0.29, 0.717) is 10.6 Å². The topological polar surface area (TPSA) is 59.4 Å². The first-order chi connectivity index (χ1) is 15.1. The average Bonchev–Trinajstić information content (AvgIpc) is 3.54. The van der Waals surface area contributed by atoms with Crippen LogP contribution >= 0.6 is 11.6 Å². The summed E-state index contributed by atoms with van der Waals surface area (Å²) in [6.45, 7) is 7.55. The van der Waals surface area contributed by atoms with Crippen molar-refractivity contribution in [3.8, 4) is 11.1 Å². The number of hydrogen-bond acceptors (Lipinski definition) is 3. The molecule has 3 aromatic rings. The van der Waals surface area contributed by atoms with E-state index in [-0.39, 0.29) is 0 Å². The molecular formula is C27H30ClNO3. The van der Waals surface area contributed by atoms with Crippen molar-refractivity contribution < 1.29 is 14.6 Å². The number of halogens is 1. The van der Waals surface area contributed by atoms with Crippen molar-refractivity contribution >= 4 is 28.5 Å². The SMILES string of the molecule is Cc1cc2nc(CCC3CC3)ccc2c(-c2ccc(Cl)cc2)c1[C@H](OC(C)(C)C)C(=O)O. The monoisotopic (exact) mass is 451 g/mol. The Morgan fingerprint density at radius 3 is 2.47 bits per heavy atom. The van der Waals surface area contributed by atoms with Crippen LogP contribution in [0.3, 0.4) is 0 Å². The Balaban J connectivity index is 1.91. The molecule has 1 aliphatic carbocycles. The summed E-state index contributed by atoms with van der Waals surface area (Å²) in [6.07, 6.45) is 3.73. The molecule has 0 unspecified atom stereocenters. The summed E-state index contributed by atoms with van der Waals surface area (Å²) < 4.78 is 6.05. The number of pyridine rings is 1. The van der Waals surface area contributed by atoms with Gasteiger partial charge in [0.15, 0.2) is 6.10 Å². The lowest BCUT2D eigenvalue weighted by atomic mass is 9.88. The van der Waals surface area contributed by atoms with Gasteiger partial charge >= 0.3 is 5.97 Å². The number of carboxylic acids is 1. The number of aliphatic carboxylic acids is 1. The molecule has 1 heterocycles. The number of carbonyl (C=O) groups is 1. The number of rotatable bonds is 7. The van der Waals surface area contributed by atoms with Crippen LogP contribution in [0.1, 0.15) is 63.0 Å². The van der Waals surface area contributed by atoms with E-state index in [1.807, 2.05) is 58.0 Å². The molecular weight excluding hydrogens is 422 g/mol. The van der Waals surface area contributed by atoms with Gasteiger partial charge in [0.05, 0.1) is 11.1 Å². The normalized spacial score (nSPS) is 15.2. The Hall–Kier alpha value is -2.43. The number of benzene rings is 2. The fourth-order valence-electron chi connectivity index (χ4n) is 4.21. The number of aryl methyl sites for hydroxylation is 2. The summed E-state index contributed by atoms with van der Waals surface area (Å²) in [6, 6.07) is 13.6. The van der Waals surface area contributed by atoms with Crippen LogP contribution in [0.15, 0.2) is 42.5 Å². The average molecular weight is 452 g/mol. The van der Waals surface area contributed by atoms with E-state index in [0.717, 1.165) is 45.6 Å². The van der Waals surface area contributed by atoms with Crippen LogP contribution in [0.25, 0.3) is 22.0 Å². The standard InChI is InChI=1S/C27H30ClNO3/c1-16-15-22-21(14-13-20(29-22)12-7-17-5-6-17)24(18-8-10-19(28)11-9-18)23(16)25(26(30)31)32-27(2,3)4/h8-11,13-15,17,25H,5-7,12H2,1-4H3,(H,30,31)/t25-/m0/s1. The predicted molar refractivity (Wildman–Crippen MR) is 129 cm³/mol. The van der Waals surface area contributed by atoms with Gasteiger partial charge in [-0.05, 0) is 87.4 Å². The Bertz CT molecular complexity index is 1140. The minimum atomic E-state index is -1.10. The van der Waals surface area contributed by atoms with Crippen LogP contribution in [0.2, 0.25) is 5.02 Å². The van der Waals surface area contributed by atoms with E-state index in [2.05, 4.69) is 12.1 Å². The highest BCUT2D eigenvalue weighted by Crippen LogP contribution is 2.41. The van der Waals surface area contributed by atoms with Gasteiger partial charge in [0, 0.05) is 21.7 Å². The molecule has 0 bridgehead atoms. The molecule has 0 aliphatic heterocycles. The lowest BCUT2D eigenvalue weighted by molar-refractivity contribution is -0.160. The van der Waals surface area contributed by atoms with Crippen LogP contribution in [0, 0.1) is 12.8 Å². The summed E-state index contributed by atoms with van der Waals surface area (Å²) in [7, 11) is 0. The zero-order valence-corrected chi connectivity index (χ0v) is 19.9. The van der Waals surface area contributed by atoms with E-state index in [1.165, 1.54) is 19.3 Å². The fourth-order valence-corrected chi connectivity index (χ4v) is 4.34. The van der Waals surface area contributed by atoms with Gasteiger partial charge in [-0.1, -0.05) is 42.6 Å². The summed E-state index contributed by atoms with van der Waals surface area (Å²) in [5.74, 6) is -0.154. The maximum atomic E-state index is 12.4. The molecule has 0 radical (unpaired) electrons. The van der Waals surface area contributed by atoms with Crippen molar-refractivity contribution in [2.45, 2.75) is 65.1 Å². The molecule has 0 amide bonds. The summed E-state index contributed by atoms with van der Waals surface area (Å²) in [5.41, 5.74) is 4.60. The molecule has 1 saturated carbocycles. The number of hydrogen-bond donors (Lipinski definition) is 1. The first-order valence-corrected chi connectivity index (χ1v) is 11.6. The zero-order chi connectivity index (χ0) is 23.0. The Labute approximate surface area is 194 Å². The maximum Gasteiger partial charge on any atom is 0.337 e. The van der Waals surface area contributed by atoms with Gasteiger partial charge in [-0.3, -0.25) is 4.98 Å².